The van der Waals surface area contributed by atoms with Gasteiger partial charge in [-0.3, -0.25) is 9.36 Å². The molecular weight excluding hydrogens is 270 g/mol. The molecule has 2 aromatic carbocycles. The van der Waals surface area contributed by atoms with Crippen LogP contribution in [0.15, 0.2) is 57.7 Å². The number of hydrogen-bond acceptors (Lipinski definition) is 4. The predicted octanol–water partition coefficient (Wildman–Crippen LogP) is 2.49. The molecule has 0 bridgehead atoms. The van der Waals surface area contributed by atoms with Crippen molar-refractivity contribution < 1.29 is 13.9 Å². The normalized spacial score (nSPS) is 10.7. The van der Waals surface area contributed by atoms with Gasteiger partial charge in [0.1, 0.15) is 18.6 Å². The molecule has 21 heavy (non-hydrogen) atoms. The molecule has 0 spiro atoms. The zero-order chi connectivity index (χ0) is 14.7. The highest BCUT2D eigenvalue weighted by atomic mass is 16.5. The number of ether oxygens (including phenoxy) is 1. The minimum absolute atomic E-state index is 0.337. The van der Waals surface area contributed by atoms with Crippen LogP contribution in [-0.4, -0.2) is 17.5 Å². The summed E-state index contributed by atoms with van der Waals surface area (Å²) < 4.78 is 12.2. The van der Waals surface area contributed by atoms with E-state index in [0.29, 0.717) is 30.0 Å². The summed E-state index contributed by atoms with van der Waals surface area (Å²) in [7, 11) is 0. The Morgan fingerprint density at radius 1 is 1.10 bits per heavy atom. The number of fused-ring (bicyclic) bond motifs is 1. The first-order valence-corrected chi connectivity index (χ1v) is 6.54. The number of hydrogen-bond donors (Lipinski definition) is 0. The van der Waals surface area contributed by atoms with Gasteiger partial charge in [0.05, 0.1) is 12.1 Å². The molecule has 0 unspecified atom stereocenters. The second-order valence-electron chi connectivity index (χ2n) is 4.52. The molecule has 0 aliphatic heterocycles. The smallest absolute Gasteiger partial charge is 0.420 e. The zero-order valence-corrected chi connectivity index (χ0v) is 11.2. The second-order valence-corrected chi connectivity index (χ2v) is 4.52. The Labute approximate surface area is 120 Å². The Bertz CT molecular complexity index is 814. The van der Waals surface area contributed by atoms with Gasteiger partial charge in [-0.25, -0.2) is 4.79 Å². The Morgan fingerprint density at radius 2 is 1.86 bits per heavy atom. The van der Waals surface area contributed by atoms with Crippen LogP contribution in [0.4, 0.5) is 0 Å². The summed E-state index contributed by atoms with van der Waals surface area (Å²) in [6, 6.07) is 14.1. The van der Waals surface area contributed by atoms with E-state index < -0.39 is 5.76 Å². The number of oxazole rings is 1. The molecule has 0 saturated carbocycles. The zero-order valence-electron chi connectivity index (χ0n) is 11.2. The highest BCUT2D eigenvalue weighted by Crippen LogP contribution is 2.13. The van der Waals surface area contributed by atoms with E-state index >= 15 is 0 Å². The number of rotatable bonds is 5. The molecule has 0 radical (unpaired) electrons. The molecule has 5 nitrogen and oxygen atoms in total. The third-order valence-corrected chi connectivity index (χ3v) is 3.17. The van der Waals surface area contributed by atoms with Crippen molar-refractivity contribution in [1.82, 2.24) is 4.57 Å². The van der Waals surface area contributed by atoms with Crippen LogP contribution in [0, 0.1) is 0 Å². The van der Waals surface area contributed by atoms with Gasteiger partial charge in [0.15, 0.2) is 5.58 Å². The van der Waals surface area contributed by atoms with Crippen molar-refractivity contribution in [1.29, 1.82) is 0 Å². The van der Waals surface area contributed by atoms with Crippen LogP contribution < -0.4 is 10.5 Å². The number of nitrogens with zero attached hydrogens (tertiary/aromatic N) is 1. The first-order valence-electron chi connectivity index (χ1n) is 6.54. The van der Waals surface area contributed by atoms with Gasteiger partial charge in [-0.15, -0.1) is 0 Å². The lowest BCUT2D eigenvalue weighted by Gasteiger charge is -2.06. The van der Waals surface area contributed by atoms with Crippen molar-refractivity contribution in [3.63, 3.8) is 0 Å². The summed E-state index contributed by atoms with van der Waals surface area (Å²) in [5.41, 5.74) is 1.92. The van der Waals surface area contributed by atoms with E-state index in [-0.39, 0.29) is 0 Å². The Morgan fingerprint density at radius 3 is 2.62 bits per heavy atom. The average molecular weight is 283 g/mol. The van der Waals surface area contributed by atoms with Crippen molar-refractivity contribution in [2.75, 3.05) is 6.61 Å². The highest BCUT2D eigenvalue weighted by Gasteiger charge is 2.07. The lowest BCUT2D eigenvalue weighted by Crippen LogP contribution is -2.18. The molecule has 3 rings (SSSR count). The van der Waals surface area contributed by atoms with Crippen LogP contribution in [0.5, 0.6) is 5.75 Å². The number of carbonyl (C=O) groups excluding carboxylic acids is 1. The van der Waals surface area contributed by atoms with Crippen LogP contribution in [0.1, 0.15) is 10.4 Å². The standard InChI is InChI=1S/C16H13NO4/c18-11-12-5-7-13(8-6-12)20-10-9-17-14-3-1-2-4-15(14)21-16(17)19/h1-8,11H,9-10H2. The predicted molar refractivity (Wildman–Crippen MR) is 77.8 cm³/mol. The maximum Gasteiger partial charge on any atom is 0.420 e. The molecule has 3 aromatic rings. The molecule has 0 aliphatic carbocycles. The molecule has 0 aliphatic rings. The van der Waals surface area contributed by atoms with Gasteiger partial charge in [0, 0.05) is 5.56 Å². The summed E-state index contributed by atoms with van der Waals surface area (Å²) >= 11 is 0. The first-order chi connectivity index (χ1) is 10.3. The van der Waals surface area contributed by atoms with Crippen molar-refractivity contribution in [3.8, 4) is 5.75 Å². The Balaban J connectivity index is 1.70. The molecule has 1 heterocycles. The SMILES string of the molecule is O=Cc1ccc(OCCn2c(=O)oc3ccccc32)cc1. The monoisotopic (exact) mass is 283 g/mol. The van der Waals surface area contributed by atoms with E-state index in [0.717, 1.165) is 11.8 Å². The topological polar surface area (TPSA) is 61.4 Å². The third-order valence-electron chi connectivity index (χ3n) is 3.17. The van der Waals surface area contributed by atoms with Gasteiger partial charge in [-0.2, -0.15) is 0 Å². The van der Waals surface area contributed by atoms with Gasteiger partial charge in [-0.05, 0) is 36.4 Å². The lowest BCUT2D eigenvalue weighted by atomic mass is 10.2. The molecule has 0 N–H and O–H groups in total. The van der Waals surface area contributed by atoms with Crippen LogP contribution in [0.25, 0.3) is 11.1 Å². The molecule has 5 heteroatoms. The van der Waals surface area contributed by atoms with E-state index in [1.54, 1.807) is 30.3 Å². The van der Waals surface area contributed by atoms with Crippen LogP contribution in [0.3, 0.4) is 0 Å². The average Bonchev–Trinajstić information content (AvgIpc) is 2.84. The molecule has 106 valence electrons. The van der Waals surface area contributed by atoms with Crippen molar-refractivity contribution in [3.05, 3.63) is 64.6 Å². The minimum atomic E-state index is -0.392. The summed E-state index contributed by atoms with van der Waals surface area (Å²) in [6.07, 6.45) is 0.779. The van der Waals surface area contributed by atoms with Gasteiger partial charge in [-0.1, -0.05) is 12.1 Å². The largest absolute Gasteiger partial charge is 0.492 e. The Kier molecular flexibility index (Phi) is 3.55. The molecule has 0 fully saturated rings. The van der Waals surface area contributed by atoms with Crippen molar-refractivity contribution in [2.24, 2.45) is 0 Å². The fraction of sp³-hybridized carbons (Fsp3) is 0.125. The maximum absolute atomic E-state index is 11.8. The molecule has 0 saturated heterocycles. The maximum atomic E-state index is 11.8. The molecular formula is C16H13NO4. The van der Waals surface area contributed by atoms with E-state index in [9.17, 15) is 9.59 Å². The summed E-state index contributed by atoms with van der Waals surface area (Å²) in [6.45, 7) is 0.731. The van der Waals surface area contributed by atoms with Crippen molar-refractivity contribution in [2.45, 2.75) is 6.54 Å². The minimum Gasteiger partial charge on any atom is -0.492 e. The van der Waals surface area contributed by atoms with E-state index in [1.165, 1.54) is 4.57 Å². The summed E-state index contributed by atoms with van der Waals surface area (Å²) in [5, 5.41) is 0. The molecule has 1 aromatic heterocycles. The van der Waals surface area contributed by atoms with E-state index in [2.05, 4.69) is 0 Å². The number of para-hydroxylation sites is 2. The fourth-order valence-corrected chi connectivity index (χ4v) is 2.12. The first kappa shape index (κ1) is 13.2. The quantitative estimate of drug-likeness (QED) is 0.675. The second kappa shape index (κ2) is 5.66. The fourth-order valence-electron chi connectivity index (χ4n) is 2.12. The number of carbonyl (C=O) groups is 1. The van der Waals surface area contributed by atoms with Gasteiger partial charge < -0.3 is 9.15 Å². The van der Waals surface area contributed by atoms with Crippen molar-refractivity contribution >= 4 is 17.4 Å². The van der Waals surface area contributed by atoms with Crippen LogP contribution in [0.2, 0.25) is 0 Å². The number of aldehydes is 1. The summed E-state index contributed by atoms with van der Waals surface area (Å²) in [5.74, 6) is 0.262. The number of aromatic nitrogens is 1. The van der Waals surface area contributed by atoms with E-state index in [1.807, 2.05) is 18.2 Å². The van der Waals surface area contributed by atoms with Crippen LogP contribution >= 0.6 is 0 Å². The van der Waals surface area contributed by atoms with Gasteiger partial charge in [0.2, 0.25) is 0 Å². The third kappa shape index (κ3) is 2.72. The van der Waals surface area contributed by atoms with Gasteiger partial charge >= 0.3 is 5.76 Å². The Hall–Kier alpha value is -2.82. The highest BCUT2D eigenvalue weighted by molar-refractivity contribution is 5.74. The lowest BCUT2D eigenvalue weighted by molar-refractivity contribution is 0.112. The van der Waals surface area contributed by atoms with E-state index in [4.69, 9.17) is 9.15 Å². The molecule has 0 amide bonds. The van der Waals surface area contributed by atoms with Crippen LogP contribution in [-0.2, 0) is 6.54 Å². The number of benzene rings is 2. The van der Waals surface area contributed by atoms with Gasteiger partial charge in [0.25, 0.3) is 0 Å². The summed E-state index contributed by atoms with van der Waals surface area (Å²) in [4.78, 5) is 22.3. The molecule has 0 atom stereocenters.